The molecule has 4 heteroatoms. The fourth-order valence-corrected chi connectivity index (χ4v) is 2.62. The zero-order chi connectivity index (χ0) is 11.8. The van der Waals surface area contributed by atoms with Gasteiger partial charge in [0, 0.05) is 6.54 Å². The quantitative estimate of drug-likeness (QED) is 0.864. The molecule has 90 valence electrons. The molecule has 1 saturated heterocycles. The highest BCUT2D eigenvalue weighted by molar-refractivity contribution is 5.76. The summed E-state index contributed by atoms with van der Waals surface area (Å²) < 4.78 is 15.4. The van der Waals surface area contributed by atoms with Gasteiger partial charge in [0.1, 0.15) is 11.6 Å². The number of nitrogens with one attached hydrogen (secondary N) is 1. The second-order valence-electron chi connectivity index (χ2n) is 4.50. The van der Waals surface area contributed by atoms with Crippen molar-refractivity contribution in [1.82, 2.24) is 14.9 Å². The van der Waals surface area contributed by atoms with E-state index in [2.05, 4.69) is 21.8 Å². The lowest BCUT2D eigenvalue weighted by Crippen LogP contribution is -2.17. The first kappa shape index (κ1) is 10.7. The Morgan fingerprint density at radius 1 is 1.53 bits per heavy atom. The van der Waals surface area contributed by atoms with Crippen LogP contribution in [0.5, 0.6) is 0 Å². The van der Waals surface area contributed by atoms with Crippen LogP contribution in [-0.4, -0.2) is 16.1 Å². The molecule has 0 saturated carbocycles. The van der Waals surface area contributed by atoms with Crippen LogP contribution in [0.1, 0.15) is 31.6 Å². The molecule has 3 nitrogen and oxygen atoms in total. The number of rotatable bonds is 2. The summed E-state index contributed by atoms with van der Waals surface area (Å²) in [6, 6.07) is 5.13. The molecule has 1 fully saturated rings. The van der Waals surface area contributed by atoms with E-state index in [9.17, 15) is 4.39 Å². The fraction of sp³-hybridized carbons (Fsp3) is 0.462. The number of hydrogen-bond donors (Lipinski definition) is 1. The minimum Gasteiger partial charge on any atom is -0.327 e. The molecule has 1 N–H and O–H groups in total. The molecule has 3 rings (SSSR count). The van der Waals surface area contributed by atoms with E-state index >= 15 is 0 Å². The molecule has 1 aliphatic rings. The lowest BCUT2D eigenvalue weighted by atomic mass is 10.2. The maximum absolute atomic E-state index is 13.3. The van der Waals surface area contributed by atoms with Crippen molar-refractivity contribution in [3.63, 3.8) is 0 Å². The summed E-state index contributed by atoms with van der Waals surface area (Å²) >= 11 is 0. The molecule has 0 radical (unpaired) electrons. The van der Waals surface area contributed by atoms with Gasteiger partial charge in [-0.25, -0.2) is 9.37 Å². The Hall–Kier alpha value is -1.42. The number of nitrogens with zero attached hydrogens (tertiary/aromatic N) is 2. The number of benzene rings is 1. The standard InChI is InChI=1S/C13H16FN3/c1-2-17-12-8-9(14)5-6-10(12)16-13(17)11-4-3-7-15-11/h5-6,8,11,15H,2-4,7H2,1H3. The first-order chi connectivity index (χ1) is 8.29. The Kier molecular flexibility index (Phi) is 2.59. The molecule has 1 atom stereocenters. The SMILES string of the molecule is CCn1c(C2CCCN2)nc2ccc(F)cc21. The van der Waals surface area contributed by atoms with E-state index in [1.807, 2.05) is 0 Å². The van der Waals surface area contributed by atoms with Crippen molar-refractivity contribution < 1.29 is 4.39 Å². The topological polar surface area (TPSA) is 29.9 Å². The van der Waals surface area contributed by atoms with Crippen molar-refractivity contribution in [3.8, 4) is 0 Å². The van der Waals surface area contributed by atoms with Gasteiger partial charge >= 0.3 is 0 Å². The number of aryl methyl sites for hydroxylation is 1. The second-order valence-corrected chi connectivity index (χ2v) is 4.50. The van der Waals surface area contributed by atoms with E-state index in [-0.39, 0.29) is 5.82 Å². The van der Waals surface area contributed by atoms with Crippen molar-refractivity contribution in [2.24, 2.45) is 0 Å². The Balaban J connectivity index is 2.17. The van der Waals surface area contributed by atoms with Gasteiger partial charge in [0.2, 0.25) is 0 Å². The van der Waals surface area contributed by atoms with Crippen LogP contribution in [0.15, 0.2) is 18.2 Å². The number of aromatic nitrogens is 2. The lowest BCUT2D eigenvalue weighted by Gasteiger charge is -2.12. The first-order valence-electron chi connectivity index (χ1n) is 6.18. The Morgan fingerprint density at radius 3 is 3.12 bits per heavy atom. The summed E-state index contributed by atoms with van der Waals surface area (Å²) in [4.78, 5) is 4.64. The number of hydrogen-bond acceptors (Lipinski definition) is 2. The molecule has 2 heterocycles. The Morgan fingerprint density at radius 2 is 2.41 bits per heavy atom. The third kappa shape index (κ3) is 1.72. The van der Waals surface area contributed by atoms with Gasteiger partial charge in [0.05, 0.1) is 17.1 Å². The predicted octanol–water partition coefficient (Wildman–Crippen LogP) is 2.62. The number of fused-ring (bicyclic) bond motifs is 1. The summed E-state index contributed by atoms with van der Waals surface area (Å²) in [6.45, 7) is 3.95. The van der Waals surface area contributed by atoms with Gasteiger partial charge < -0.3 is 9.88 Å². The molecule has 17 heavy (non-hydrogen) atoms. The van der Waals surface area contributed by atoms with E-state index in [0.717, 1.165) is 36.4 Å². The Labute approximate surface area is 99.7 Å². The van der Waals surface area contributed by atoms with Crippen molar-refractivity contribution in [3.05, 3.63) is 29.8 Å². The van der Waals surface area contributed by atoms with E-state index in [4.69, 9.17) is 0 Å². The molecule has 1 unspecified atom stereocenters. The molecule has 2 aromatic rings. The maximum Gasteiger partial charge on any atom is 0.127 e. The van der Waals surface area contributed by atoms with Gasteiger partial charge in [-0.3, -0.25) is 0 Å². The minimum atomic E-state index is -0.196. The van der Waals surface area contributed by atoms with E-state index in [1.165, 1.54) is 12.5 Å². The van der Waals surface area contributed by atoms with E-state index in [1.54, 1.807) is 12.1 Å². The van der Waals surface area contributed by atoms with Gasteiger partial charge in [0.25, 0.3) is 0 Å². The van der Waals surface area contributed by atoms with Crippen LogP contribution in [0.3, 0.4) is 0 Å². The third-order valence-corrected chi connectivity index (χ3v) is 3.43. The molecule has 1 aromatic carbocycles. The highest BCUT2D eigenvalue weighted by Gasteiger charge is 2.22. The molecular weight excluding hydrogens is 217 g/mol. The third-order valence-electron chi connectivity index (χ3n) is 3.43. The first-order valence-corrected chi connectivity index (χ1v) is 6.18. The summed E-state index contributed by atoms with van der Waals surface area (Å²) in [5.41, 5.74) is 1.79. The van der Waals surface area contributed by atoms with Crippen LogP contribution in [0.25, 0.3) is 11.0 Å². The van der Waals surface area contributed by atoms with Crippen LogP contribution in [0.2, 0.25) is 0 Å². The minimum absolute atomic E-state index is 0.196. The highest BCUT2D eigenvalue weighted by atomic mass is 19.1. The van der Waals surface area contributed by atoms with Gasteiger partial charge in [-0.05, 0) is 44.5 Å². The van der Waals surface area contributed by atoms with Crippen molar-refractivity contribution in [2.75, 3.05) is 6.54 Å². The van der Waals surface area contributed by atoms with E-state index < -0.39 is 0 Å². The predicted molar refractivity (Wildman–Crippen MR) is 65.3 cm³/mol. The summed E-state index contributed by atoms with van der Waals surface area (Å²) in [7, 11) is 0. The monoisotopic (exact) mass is 233 g/mol. The average molecular weight is 233 g/mol. The summed E-state index contributed by atoms with van der Waals surface area (Å²) in [6.07, 6.45) is 2.30. The van der Waals surface area contributed by atoms with Gasteiger partial charge in [-0.1, -0.05) is 0 Å². The van der Waals surface area contributed by atoms with Gasteiger partial charge in [0.15, 0.2) is 0 Å². The average Bonchev–Trinajstić information content (AvgIpc) is 2.94. The second kappa shape index (κ2) is 4.11. The largest absolute Gasteiger partial charge is 0.327 e. The van der Waals surface area contributed by atoms with Gasteiger partial charge in [-0.15, -0.1) is 0 Å². The number of imidazole rings is 1. The molecule has 1 aliphatic heterocycles. The van der Waals surface area contributed by atoms with Crippen molar-refractivity contribution in [1.29, 1.82) is 0 Å². The summed E-state index contributed by atoms with van der Waals surface area (Å²) in [5.74, 6) is 0.851. The summed E-state index contributed by atoms with van der Waals surface area (Å²) in [5, 5.41) is 3.45. The zero-order valence-electron chi connectivity index (χ0n) is 9.91. The van der Waals surface area contributed by atoms with Crippen LogP contribution in [-0.2, 0) is 6.54 Å². The molecule has 0 amide bonds. The van der Waals surface area contributed by atoms with Crippen LogP contribution in [0, 0.1) is 5.82 Å². The normalized spacial score (nSPS) is 20.2. The van der Waals surface area contributed by atoms with Crippen LogP contribution in [0.4, 0.5) is 4.39 Å². The highest BCUT2D eigenvalue weighted by Crippen LogP contribution is 2.26. The van der Waals surface area contributed by atoms with Gasteiger partial charge in [-0.2, -0.15) is 0 Å². The van der Waals surface area contributed by atoms with Crippen LogP contribution < -0.4 is 5.32 Å². The Bertz CT molecular complexity index is 541. The van der Waals surface area contributed by atoms with Crippen LogP contribution >= 0.6 is 0 Å². The fourth-order valence-electron chi connectivity index (χ4n) is 2.62. The van der Waals surface area contributed by atoms with Crippen molar-refractivity contribution in [2.45, 2.75) is 32.4 Å². The molecule has 1 aromatic heterocycles. The smallest absolute Gasteiger partial charge is 0.127 e. The maximum atomic E-state index is 13.3. The zero-order valence-corrected chi connectivity index (χ0v) is 9.91. The van der Waals surface area contributed by atoms with Crippen molar-refractivity contribution >= 4 is 11.0 Å². The lowest BCUT2D eigenvalue weighted by molar-refractivity contribution is 0.564. The molecule has 0 bridgehead atoms. The number of halogens is 1. The van der Waals surface area contributed by atoms with E-state index in [0.29, 0.717) is 6.04 Å². The molecule has 0 aliphatic carbocycles. The molecular formula is C13H16FN3. The molecule has 0 spiro atoms.